The lowest BCUT2D eigenvalue weighted by Gasteiger charge is -2.16. The number of carbonyl (C=O) groups excluding carboxylic acids is 1. The van der Waals surface area contributed by atoms with Gasteiger partial charge in [-0.25, -0.2) is 4.98 Å². The van der Waals surface area contributed by atoms with Gasteiger partial charge in [-0.1, -0.05) is 12.1 Å². The fourth-order valence-electron chi connectivity index (χ4n) is 2.50. The average Bonchev–Trinajstić information content (AvgIpc) is 3.02. The molecule has 3 N–H and O–H groups in total. The Morgan fingerprint density at radius 3 is 2.57 bits per heavy atom. The van der Waals surface area contributed by atoms with E-state index in [1.165, 1.54) is 12.8 Å². The van der Waals surface area contributed by atoms with Crippen molar-refractivity contribution in [2.24, 2.45) is 0 Å². The highest BCUT2D eigenvalue weighted by molar-refractivity contribution is 6.07. The molecule has 0 bridgehead atoms. The predicted molar refractivity (Wildman–Crippen MR) is 84.5 cm³/mol. The zero-order valence-corrected chi connectivity index (χ0v) is 11.7. The molecule has 2 heterocycles. The van der Waals surface area contributed by atoms with E-state index >= 15 is 0 Å². The molecule has 1 amide bonds. The Morgan fingerprint density at radius 2 is 1.90 bits per heavy atom. The summed E-state index contributed by atoms with van der Waals surface area (Å²) < 4.78 is 0. The van der Waals surface area contributed by atoms with E-state index in [0.717, 1.165) is 18.9 Å². The quantitative estimate of drug-likeness (QED) is 0.849. The number of nitrogens with one attached hydrogen (secondary N) is 1. The third kappa shape index (κ3) is 2.97. The van der Waals surface area contributed by atoms with Crippen LogP contribution < -0.4 is 16.0 Å². The van der Waals surface area contributed by atoms with Gasteiger partial charge in [-0.2, -0.15) is 0 Å². The zero-order valence-electron chi connectivity index (χ0n) is 11.7. The number of pyridine rings is 1. The summed E-state index contributed by atoms with van der Waals surface area (Å²) in [7, 11) is 0. The molecule has 2 aromatic rings. The molecule has 108 valence electrons. The number of benzene rings is 1. The van der Waals surface area contributed by atoms with Gasteiger partial charge in [-0.05, 0) is 37.1 Å². The lowest BCUT2D eigenvalue weighted by molar-refractivity contribution is 0.102. The Hall–Kier alpha value is -2.56. The fraction of sp³-hybridized carbons (Fsp3) is 0.250. The van der Waals surface area contributed by atoms with Crippen molar-refractivity contribution in [3.8, 4) is 0 Å². The van der Waals surface area contributed by atoms with Crippen LogP contribution in [-0.4, -0.2) is 24.0 Å². The lowest BCUT2D eigenvalue weighted by Crippen LogP contribution is -2.19. The van der Waals surface area contributed by atoms with Crippen LogP contribution in [0.5, 0.6) is 0 Å². The van der Waals surface area contributed by atoms with E-state index < -0.39 is 0 Å². The smallest absolute Gasteiger partial charge is 0.257 e. The number of nitrogen functional groups attached to an aromatic ring is 1. The Bertz CT molecular complexity index is 633. The summed E-state index contributed by atoms with van der Waals surface area (Å²) in [5.74, 6) is 0.744. The van der Waals surface area contributed by atoms with Gasteiger partial charge in [0.15, 0.2) is 0 Å². The molecule has 1 fully saturated rings. The first-order valence-corrected chi connectivity index (χ1v) is 7.11. The van der Waals surface area contributed by atoms with Crippen LogP contribution in [0.3, 0.4) is 0 Å². The topological polar surface area (TPSA) is 71.2 Å². The summed E-state index contributed by atoms with van der Waals surface area (Å²) in [6.45, 7) is 2.11. The molecule has 1 aliphatic heterocycles. The fourth-order valence-corrected chi connectivity index (χ4v) is 2.50. The van der Waals surface area contributed by atoms with Crippen molar-refractivity contribution in [2.45, 2.75) is 12.8 Å². The first kappa shape index (κ1) is 13.4. The van der Waals surface area contributed by atoms with Gasteiger partial charge in [0.05, 0.1) is 17.4 Å². The summed E-state index contributed by atoms with van der Waals surface area (Å²) in [6, 6.07) is 10.8. The van der Waals surface area contributed by atoms with E-state index in [0.29, 0.717) is 16.9 Å². The maximum atomic E-state index is 12.1. The largest absolute Gasteiger partial charge is 0.398 e. The molecule has 3 rings (SSSR count). The van der Waals surface area contributed by atoms with Gasteiger partial charge in [0.25, 0.3) is 5.91 Å². The van der Waals surface area contributed by atoms with E-state index in [1.54, 1.807) is 30.5 Å². The number of nitrogens with two attached hydrogens (primary N) is 1. The van der Waals surface area contributed by atoms with E-state index in [1.807, 2.05) is 12.1 Å². The number of anilines is 3. The Kier molecular flexibility index (Phi) is 3.73. The van der Waals surface area contributed by atoms with Crippen LogP contribution in [0, 0.1) is 0 Å². The first-order valence-electron chi connectivity index (χ1n) is 7.11. The van der Waals surface area contributed by atoms with E-state index in [-0.39, 0.29) is 5.91 Å². The third-order valence-corrected chi connectivity index (χ3v) is 3.64. The Labute approximate surface area is 123 Å². The number of amides is 1. The second-order valence-corrected chi connectivity index (χ2v) is 5.14. The second kappa shape index (κ2) is 5.83. The van der Waals surface area contributed by atoms with Crippen molar-refractivity contribution in [1.82, 2.24) is 4.98 Å². The van der Waals surface area contributed by atoms with Crippen LogP contribution in [0.4, 0.5) is 17.2 Å². The van der Waals surface area contributed by atoms with Crippen LogP contribution in [0.2, 0.25) is 0 Å². The van der Waals surface area contributed by atoms with Crippen molar-refractivity contribution in [2.75, 3.05) is 29.0 Å². The monoisotopic (exact) mass is 282 g/mol. The van der Waals surface area contributed by atoms with Crippen LogP contribution in [0.15, 0.2) is 42.6 Å². The number of rotatable bonds is 3. The average molecular weight is 282 g/mol. The molecule has 0 spiro atoms. The maximum Gasteiger partial charge on any atom is 0.257 e. The number of carbonyl (C=O) groups is 1. The van der Waals surface area contributed by atoms with Gasteiger partial charge < -0.3 is 16.0 Å². The molecule has 21 heavy (non-hydrogen) atoms. The highest BCUT2D eigenvalue weighted by Gasteiger charge is 2.14. The van der Waals surface area contributed by atoms with Crippen molar-refractivity contribution in [3.05, 3.63) is 48.2 Å². The number of aromatic nitrogens is 1. The Morgan fingerprint density at radius 1 is 1.14 bits per heavy atom. The normalized spacial score (nSPS) is 14.2. The number of hydrogen-bond donors (Lipinski definition) is 2. The van der Waals surface area contributed by atoms with E-state index in [2.05, 4.69) is 15.2 Å². The summed E-state index contributed by atoms with van der Waals surface area (Å²) in [4.78, 5) is 18.8. The molecule has 0 atom stereocenters. The molecular formula is C16H18N4O. The number of nitrogens with zero attached hydrogens (tertiary/aromatic N) is 2. The van der Waals surface area contributed by atoms with Crippen molar-refractivity contribution < 1.29 is 4.79 Å². The molecule has 0 saturated carbocycles. The molecule has 0 aliphatic carbocycles. The van der Waals surface area contributed by atoms with E-state index in [9.17, 15) is 4.79 Å². The minimum atomic E-state index is -0.219. The van der Waals surface area contributed by atoms with Crippen LogP contribution in [-0.2, 0) is 0 Å². The Balaban J connectivity index is 1.70. The summed E-state index contributed by atoms with van der Waals surface area (Å²) in [6.07, 6.45) is 4.12. The molecule has 0 radical (unpaired) electrons. The highest BCUT2D eigenvalue weighted by Crippen LogP contribution is 2.20. The minimum Gasteiger partial charge on any atom is -0.398 e. The van der Waals surface area contributed by atoms with Crippen LogP contribution in [0.25, 0.3) is 0 Å². The van der Waals surface area contributed by atoms with Gasteiger partial charge in [0, 0.05) is 18.8 Å². The van der Waals surface area contributed by atoms with Gasteiger partial charge >= 0.3 is 0 Å². The number of para-hydroxylation sites is 1. The van der Waals surface area contributed by atoms with Crippen molar-refractivity contribution >= 4 is 23.1 Å². The van der Waals surface area contributed by atoms with Crippen LogP contribution in [0.1, 0.15) is 23.2 Å². The van der Waals surface area contributed by atoms with Crippen molar-refractivity contribution in [3.63, 3.8) is 0 Å². The molecule has 1 saturated heterocycles. The molecule has 5 heteroatoms. The summed E-state index contributed by atoms with van der Waals surface area (Å²) in [5, 5.41) is 2.82. The third-order valence-electron chi connectivity index (χ3n) is 3.64. The SMILES string of the molecule is Nc1ccccc1C(=O)Nc1ccc(N2CCCC2)nc1. The molecule has 1 aliphatic rings. The summed E-state index contributed by atoms with van der Waals surface area (Å²) in [5.41, 5.74) is 7.41. The second-order valence-electron chi connectivity index (χ2n) is 5.14. The van der Waals surface area contributed by atoms with Crippen LogP contribution >= 0.6 is 0 Å². The standard InChI is InChI=1S/C16H18N4O/c17-14-6-2-1-5-13(14)16(21)19-12-7-8-15(18-11-12)20-9-3-4-10-20/h1-2,5-8,11H,3-4,9-10,17H2,(H,19,21). The predicted octanol–water partition coefficient (Wildman–Crippen LogP) is 2.52. The molecule has 0 unspecified atom stereocenters. The van der Waals surface area contributed by atoms with Gasteiger partial charge in [-0.3, -0.25) is 4.79 Å². The summed E-state index contributed by atoms with van der Waals surface area (Å²) >= 11 is 0. The molecule has 1 aromatic carbocycles. The van der Waals surface area contributed by atoms with Crippen molar-refractivity contribution in [1.29, 1.82) is 0 Å². The van der Waals surface area contributed by atoms with E-state index in [4.69, 9.17) is 5.73 Å². The molecule has 1 aromatic heterocycles. The lowest BCUT2D eigenvalue weighted by atomic mass is 10.1. The molecular weight excluding hydrogens is 264 g/mol. The minimum absolute atomic E-state index is 0.219. The first-order chi connectivity index (χ1) is 10.2. The zero-order chi connectivity index (χ0) is 14.7. The highest BCUT2D eigenvalue weighted by atomic mass is 16.1. The maximum absolute atomic E-state index is 12.1. The van der Waals surface area contributed by atoms with Gasteiger partial charge in [0.2, 0.25) is 0 Å². The van der Waals surface area contributed by atoms with Gasteiger partial charge in [0.1, 0.15) is 5.82 Å². The molecule has 5 nitrogen and oxygen atoms in total. The van der Waals surface area contributed by atoms with Gasteiger partial charge in [-0.15, -0.1) is 0 Å². The number of hydrogen-bond acceptors (Lipinski definition) is 4.